The topological polar surface area (TPSA) is 78.9 Å². The van der Waals surface area contributed by atoms with Gasteiger partial charge in [-0.05, 0) is 31.1 Å². The Hall–Kier alpha value is -1.59. The normalized spacial score (nSPS) is 12.4. The summed E-state index contributed by atoms with van der Waals surface area (Å²) in [7, 11) is 0. The fraction of sp³-hybridized carbons (Fsp3) is 0.952. The van der Waals surface area contributed by atoms with E-state index in [2.05, 4.69) is 34.6 Å². The van der Waals surface area contributed by atoms with Gasteiger partial charge >= 0.3 is 17.9 Å². The lowest BCUT2D eigenvalue weighted by atomic mass is 9.99. The average Bonchev–Trinajstić information content (AvgIpc) is 3.34. The molecule has 1 unspecified atom stereocenters. The molecule has 0 N–H and O–H groups in total. The summed E-state index contributed by atoms with van der Waals surface area (Å²) in [6, 6.07) is 0. The van der Waals surface area contributed by atoms with Crippen molar-refractivity contribution in [1.82, 2.24) is 0 Å². The van der Waals surface area contributed by atoms with Gasteiger partial charge < -0.3 is 14.2 Å². The minimum Gasteiger partial charge on any atom is -0.462 e. The van der Waals surface area contributed by atoms with Crippen LogP contribution >= 0.6 is 0 Å². The quantitative estimate of drug-likeness (QED) is 0.0343. The van der Waals surface area contributed by atoms with E-state index in [4.69, 9.17) is 14.2 Å². The van der Waals surface area contributed by atoms with E-state index in [1.807, 2.05) is 0 Å². The summed E-state index contributed by atoms with van der Waals surface area (Å²) in [4.78, 5) is 38.2. The molecule has 0 radical (unpaired) electrons. The lowest BCUT2D eigenvalue weighted by Gasteiger charge is -2.18. The third-order valence-electron chi connectivity index (χ3n) is 14.8. The summed E-state index contributed by atoms with van der Waals surface area (Å²) in [6.45, 7) is 11.5. The molecule has 0 amide bonds. The van der Waals surface area contributed by atoms with Gasteiger partial charge in [-0.25, -0.2) is 0 Å². The van der Waals surface area contributed by atoms with E-state index in [0.29, 0.717) is 19.3 Å². The number of carbonyl (C=O) groups excluding carboxylic acids is 3. The third kappa shape index (κ3) is 55.6. The Balaban J connectivity index is 4.19. The largest absolute Gasteiger partial charge is 0.462 e. The van der Waals surface area contributed by atoms with Crippen molar-refractivity contribution in [2.24, 2.45) is 11.8 Å². The molecular weight excluding hydrogens is 853 g/mol. The second kappa shape index (κ2) is 55.7. The minimum atomic E-state index is -0.762. The number of unbranched alkanes of at least 4 members (excludes halogenated alkanes) is 41. The van der Waals surface area contributed by atoms with Crippen molar-refractivity contribution in [2.45, 2.75) is 362 Å². The first-order chi connectivity index (χ1) is 33.8. The highest BCUT2D eigenvalue weighted by Crippen LogP contribution is 2.19. The van der Waals surface area contributed by atoms with Gasteiger partial charge in [-0.1, -0.05) is 317 Å². The first kappa shape index (κ1) is 67.4. The van der Waals surface area contributed by atoms with Crippen molar-refractivity contribution in [3.8, 4) is 0 Å². The van der Waals surface area contributed by atoms with Crippen molar-refractivity contribution in [2.75, 3.05) is 13.2 Å². The van der Waals surface area contributed by atoms with Gasteiger partial charge in [0.2, 0.25) is 0 Å². The van der Waals surface area contributed by atoms with E-state index in [0.717, 1.165) is 69.6 Å². The van der Waals surface area contributed by atoms with Gasteiger partial charge in [-0.3, -0.25) is 14.4 Å². The number of rotatable bonds is 57. The highest BCUT2D eigenvalue weighted by molar-refractivity contribution is 5.71. The first-order valence-electron chi connectivity index (χ1n) is 31.3. The summed E-state index contributed by atoms with van der Waals surface area (Å²) in [5.74, 6) is 0.926. The molecule has 0 aliphatic carbocycles. The van der Waals surface area contributed by atoms with Gasteiger partial charge in [-0.2, -0.15) is 0 Å². The van der Waals surface area contributed by atoms with Crippen molar-refractivity contribution in [3.05, 3.63) is 0 Å². The number of ether oxygens (including phenoxy) is 3. The van der Waals surface area contributed by atoms with Crippen molar-refractivity contribution in [1.29, 1.82) is 0 Å². The molecule has 2 atom stereocenters. The number of hydrogen-bond acceptors (Lipinski definition) is 6. The molecule has 0 heterocycles. The smallest absolute Gasteiger partial charge is 0.306 e. The predicted molar refractivity (Wildman–Crippen MR) is 298 cm³/mol. The van der Waals surface area contributed by atoms with Crippen LogP contribution in [0.4, 0.5) is 0 Å². The summed E-state index contributed by atoms with van der Waals surface area (Å²) in [5.41, 5.74) is 0. The van der Waals surface area contributed by atoms with E-state index in [-0.39, 0.29) is 31.1 Å². The van der Waals surface area contributed by atoms with Gasteiger partial charge in [0.25, 0.3) is 0 Å². The second-order valence-electron chi connectivity index (χ2n) is 22.4. The SMILES string of the molecule is CCCCCCCCCCCCC(=O)OC[C@H](COC(=O)CCCCCCCCCCCCCCCCCCCCC(C)CC)OC(=O)CCCCCCCCCCCCCCCCCCC(C)C. The lowest BCUT2D eigenvalue weighted by molar-refractivity contribution is -0.167. The van der Waals surface area contributed by atoms with Gasteiger partial charge in [0.15, 0.2) is 6.10 Å². The zero-order chi connectivity index (χ0) is 50.4. The molecule has 0 spiro atoms. The van der Waals surface area contributed by atoms with E-state index in [1.165, 1.54) is 244 Å². The Labute approximate surface area is 431 Å². The van der Waals surface area contributed by atoms with Crippen molar-refractivity contribution >= 4 is 17.9 Å². The number of hydrogen-bond donors (Lipinski definition) is 0. The Bertz CT molecular complexity index is 1060. The van der Waals surface area contributed by atoms with Gasteiger partial charge in [-0.15, -0.1) is 0 Å². The van der Waals surface area contributed by atoms with Crippen LogP contribution in [0.15, 0.2) is 0 Å². The van der Waals surface area contributed by atoms with E-state index < -0.39 is 6.10 Å². The highest BCUT2D eigenvalue weighted by Gasteiger charge is 2.19. The minimum absolute atomic E-state index is 0.0621. The van der Waals surface area contributed by atoms with Crippen LogP contribution in [0.2, 0.25) is 0 Å². The van der Waals surface area contributed by atoms with E-state index >= 15 is 0 Å². The molecule has 0 saturated carbocycles. The van der Waals surface area contributed by atoms with Gasteiger partial charge in [0.1, 0.15) is 13.2 Å². The predicted octanol–water partition coefficient (Wildman–Crippen LogP) is 20.8. The van der Waals surface area contributed by atoms with Gasteiger partial charge in [0, 0.05) is 19.3 Å². The Kier molecular flexibility index (Phi) is 54.4. The van der Waals surface area contributed by atoms with Crippen LogP contribution in [0.3, 0.4) is 0 Å². The standard InChI is InChI=1S/C63H122O6/c1-6-8-9-10-11-12-33-38-43-48-53-61(64)67-56-60(69-63(66)55-50-45-40-35-30-26-22-18-17-19-23-27-31-36-41-46-51-58(3)4)57-68-62(65)54-49-44-39-34-29-25-21-16-14-13-15-20-24-28-32-37-42-47-52-59(5)7-2/h58-60H,6-57H2,1-5H3/t59?,60-/m1/s1. The monoisotopic (exact) mass is 975 g/mol. The summed E-state index contributed by atoms with van der Waals surface area (Å²) in [6.07, 6.45) is 61.0. The van der Waals surface area contributed by atoms with E-state index in [9.17, 15) is 14.4 Å². The maximum atomic E-state index is 12.9. The Morgan fingerprint density at radius 3 is 0.826 bits per heavy atom. The molecule has 0 aliphatic heterocycles. The molecule has 0 fully saturated rings. The second-order valence-corrected chi connectivity index (χ2v) is 22.4. The fourth-order valence-corrected chi connectivity index (χ4v) is 9.73. The Morgan fingerprint density at radius 1 is 0.304 bits per heavy atom. The summed E-state index contributed by atoms with van der Waals surface area (Å²) >= 11 is 0. The van der Waals surface area contributed by atoms with Crippen LogP contribution in [-0.4, -0.2) is 37.2 Å². The molecule has 0 bridgehead atoms. The molecule has 0 saturated heterocycles. The molecule has 0 aromatic rings. The first-order valence-corrected chi connectivity index (χ1v) is 31.3. The highest BCUT2D eigenvalue weighted by atomic mass is 16.6. The number of esters is 3. The van der Waals surface area contributed by atoms with E-state index in [1.54, 1.807) is 0 Å². The molecule has 0 aromatic heterocycles. The average molecular weight is 976 g/mol. The third-order valence-corrected chi connectivity index (χ3v) is 14.8. The van der Waals surface area contributed by atoms with Crippen molar-refractivity contribution in [3.63, 3.8) is 0 Å². The maximum Gasteiger partial charge on any atom is 0.306 e. The fourth-order valence-electron chi connectivity index (χ4n) is 9.73. The molecule has 6 nitrogen and oxygen atoms in total. The summed E-state index contributed by atoms with van der Waals surface area (Å²) in [5, 5.41) is 0. The van der Waals surface area contributed by atoms with Crippen LogP contribution < -0.4 is 0 Å². The molecule has 6 heteroatoms. The lowest BCUT2D eigenvalue weighted by Crippen LogP contribution is -2.30. The van der Waals surface area contributed by atoms with Gasteiger partial charge in [0.05, 0.1) is 0 Å². The van der Waals surface area contributed by atoms with Crippen molar-refractivity contribution < 1.29 is 28.6 Å². The van der Waals surface area contributed by atoms with Crippen LogP contribution in [0, 0.1) is 11.8 Å². The molecule has 410 valence electrons. The van der Waals surface area contributed by atoms with Crippen LogP contribution in [0.1, 0.15) is 356 Å². The maximum absolute atomic E-state index is 12.9. The molecule has 0 rings (SSSR count). The zero-order valence-corrected chi connectivity index (χ0v) is 47.5. The molecule has 0 aromatic carbocycles. The van der Waals surface area contributed by atoms with Crippen LogP contribution in [-0.2, 0) is 28.6 Å². The van der Waals surface area contributed by atoms with Crippen LogP contribution in [0.25, 0.3) is 0 Å². The molecule has 69 heavy (non-hydrogen) atoms. The zero-order valence-electron chi connectivity index (χ0n) is 47.5. The molecule has 0 aliphatic rings. The number of carbonyl (C=O) groups is 3. The molecular formula is C63H122O6. The van der Waals surface area contributed by atoms with Crippen LogP contribution in [0.5, 0.6) is 0 Å². The summed E-state index contributed by atoms with van der Waals surface area (Å²) < 4.78 is 16.9. The Morgan fingerprint density at radius 2 is 0.551 bits per heavy atom.